The van der Waals surface area contributed by atoms with Crippen LogP contribution in [0.1, 0.15) is 31.2 Å². The fourth-order valence-corrected chi connectivity index (χ4v) is 3.92. The lowest BCUT2D eigenvalue weighted by Crippen LogP contribution is -2.60. The molecule has 0 saturated carbocycles. The number of aliphatic hydroxyl groups is 1. The molecule has 1 aromatic carbocycles. The van der Waals surface area contributed by atoms with Crippen molar-refractivity contribution in [2.24, 2.45) is 0 Å². The highest BCUT2D eigenvalue weighted by Crippen LogP contribution is 2.31. The van der Waals surface area contributed by atoms with Crippen LogP contribution in [0.3, 0.4) is 0 Å². The van der Waals surface area contributed by atoms with Gasteiger partial charge in [-0.2, -0.15) is 0 Å². The molecule has 8 heteroatoms. The number of alkyl halides is 2. The van der Waals surface area contributed by atoms with Gasteiger partial charge in [0.25, 0.3) is 11.8 Å². The third kappa shape index (κ3) is 4.55. The third-order valence-corrected chi connectivity index (χ3v) is 5.27. The van der Waals surface area contributed by atoms with Gasteiger partial charge in [0.15, 0.2) is 5.60 Å². The second-order valence-electron chi connectivity index (χ2n) is 7.49. The van der Waals surface area contributed by atoms with Crippen molar-refractivity contribution in [3.8, 4) is 5.75 Å². The number of rotatable bonds is 5. The van der Waals surface area contributed by atoms with Crippen LogP contribution < -0.4 is 4.74 Å². The highest BCUT2D eigenvalue weighted by molar-refractivity contribution is 5.86. The van der Waals surface area contributed by atoms with Crippen LogP contribution in [0.4, 0.5) is 13.2 Å². The van der Waals surface area contributed by atoms with Crippen LogP contribution in [-0.2, 0) is 11.3 Å². The molecular weight excluding hydrogens is 361 g/mol. The number of likely N-dealkylation sites (tertiary alicyclic amines) is 2. The number of amides is 1. The molecule has 150 valence electrons. The SMILES string of the molecule is COc1ccc(F)c(CN2CCC[C@@](O)(CN3CCCC(F)(F)C3)C2=O)c1. The quantitative estimate of drug-likeness (QED) is 0.845. The van der Waals surface area contributed by atoms with E-state index in [0.29, 0.717) is 31.7 Å². The Morgan fingerprint density at radius 3 is 2.67 bits per heavy atom. The van der Waals surface area contributed by atoms with E-state index in [-0.39, 0.29) is 31.5 Å². The summed E-state index contributed by atoms with van der Waals surface area (Å²) >= 11 is 0. The smallest absolute Gasteiger partial charge is 0.260 e. The van der Waals surface area contributed by atoms with Crippen LogP contribution in [0.5, 0.6) is 5.75 Å². The molecule has 1 N–H and O–H groups in total. The van der Waals surface area contributed by atoms with Crippen molar-refractivity contribution in [3.05, 3.63) is 29.6 Å². The largest absolute Gasteiger partial charge is 0.497 e. The van der Waals surface area contributed by atoms with Crippen molar-refractivity contribution in [1.82, 2.24) is 9.80 Å². The van der Waals surface area contributed by atoms with Gasteiger partial charge in [0, 0.05) is 31.6 Å². The standard InChI is InChI=1S/C19H25F3N2O3/c1-27-15-4-5-16(20)14(10-15)11-24-9-2-6-18(26,17(24)25)12-23-8-3-7-19(21,22)13-23/h4-5,10,26H,2-3,6-9,11-13H2,1H3/t18-/m1/s1. The minimum atomic E-state index is -2.80. The number of benzene rings is 1. The van der Waals surface area contributed by atoms with Crippen LogP contribution in [-0.4, -0.2) is 65.6 Å². The zero-order chi connectivity index (χ0) is 19.7. The molecule has 27 heavy (non-hydrogen) atoms. The number of piperidine rings is 2. The number of ether oxygens (including phenoxy) is 1. The van der Waals surface area contributed by atoms with Crippen LogP contribution >= 0.6 is 0 Å². The number of halogens is 3. The van der Waals surface area contributed by atoms with E-state index in [1.807, 2.05) is 0 Å². The maximum atomic E-state index is 14.1. The summed E-state index contributed by atoms with van der Waals surface area (Å²) in [4.78, 5) is 15.7. The van der Waals surface area contributed by atoms with Gasteiger partial charge in [0.2, 0.25) is 0 Å². The molecule has 2 fully saturated rings. The second kappa shape index (κ2) is 7.67. The van der Waals surface area contributed by atoms with E-state index in [9.17, 15) is 23.1 Å². The van der Waals surface area contributed by atoms with Gasteiger partial charge in [-0.05, 0) is 44.0 Å². The lowest BCUT2D eigenvalue weighted by Gasteiger charge is -2.42. The van der Waals surface area contributed by atoms with Gasteiger partial charge in [-0.15, -0.1) is 0 Å². The molecular formula is C19H25F3N2O3. The molecule has 0 spiro atoms. The second-order valence-corrected chi connectivity index (χ2v) is 7.49. The fraction of sp³-hybridized carbons (Fsp3) is 0.632. The normalized spacial score (nSPS) is 26.3. The zero-order valence-corrected chi connectivity index (χ0v) is 15.4. The predicted molar refractivity (Wildman–Crippen MR) is 93.2 cm³/mol. The lowest BCUT2D eigenvalue weighted by atomic mass is 9.90. The molecule has 0 aromatic heterocycles. The van der Waals surface area contributed by atoms with E-state index in [1.165, 1.54) is 35.1 Å². The molecule has 1 atom stereocenters. The van der Waals surface area contributed by atoms with E-state index >= 15 is 0 Å². The lowest BCUT2D eigenvalue weighted by molar-refractivity contribution is -0.163. The van der Waals surface area contributed by atoms with Gasteiger partial charge in [0.05, 0.1) is 13.7 Å². The maximum absolute atomic E-state index is 14.1. The third-order valence-electron chi connectivity index (χ3n) is 5.27. The summed E-state index contributed by atoms with van der Waals surface area (Å²) in [5.74, 6) is -3.32. The zero-order valence-electron chi connectivity index (χ0n) is 15.4. The molecule has 3 rings (SSSR count). The Balaban J connectivity index is 1.71. The summed E-state index contributed by atoms with van der Waals surface area (Å²) in [7, 11) is 1.47. The van der Waals surface area contributed by atoms with E-state index in [2.05, 4.69) is 0 Å². The molecule has 5 nitrogen and oxygen atoms in total. The van der Waals surface area contributed by atoms with E-state index in [0.717, 1.165) is 0 Å². The number of methoxy groups -OCH3 is 1. The highest BCUT2D eigenvalue weighted by atomic mass is 19.3. The summed E-state index contributed by atoms with van der Waals surface area (Å²) in [6.07, 6.45) is 0.899. The monoisotopic (exact) mass is 386 g/mol. The molecule has 2 saturated heterocycles. The first kappa shape index (κ1) is 19.9. The van der Waals surface area contributed by atoms with Crippen LogP contribution in [0.15, 0.2) is 18.2 Å². The van der Waals surface area contributed by atoms with Crippen molar-refractivity contribution >= 4 is 5.91 Å². The number of carbonyl (C=O) groups is 1. The summed E-state index contributed by atoms with van der Waals surface area (Å²) in [6, 6.07) is 4.27. The Morgan fingerprint density at radius 1 is 1.22 bits per heavy atom. The number of hydrogen-bond donors (Lipinski definition) is 1. The number of nitrogens with zero attached hydrogens (tertiary/aromatic N) is 2. The summed E-state index contributed by atoms with van der Waals surface area (Å²) in [5, 5.41) is 10.9. The van der Waals surface area contributed by atoms with Crippen molar-refractivity contribution in [2.75, 3.05) is 33.3 Å². The van der Waals surface area contributed by atoms with Gasteiger partial charge in [-0.1, -0.05) is 0 Å². The van der Waals surface area contributed by atoms with Crippen LogP contribution in [0.25, 0.3) is 0 Å². The first-order chi connectivity index (χ1) is 12.7. The Hall–Kier alpha value is -1.80. The first-order valence-electron chi connectivity index (χ1n) is 9.17. The highest BCUT2D eigenvalue weighted by Gasteiger charge is 2.45. The van der Waals surface area contributed by atoms with Gasteiger partial charge in [-0.3, -0.25) is 9.69 Å². The van der Waals surface area contributed by atoms with Gasteiger partial charge >= 0.3 is 0 Å². The molecule has 1 amide bonds. The average Bonchev–Trinajstić information content (AvgIpc) is 2.60. The molecule has 2 aliphatic rings. The topological polar surface area (TPSA) is 53.0 Å². The average molecular weight is 386 g/mol. The van der Waals surface area contributed by atoms with Crippen LogP contribution in [0.2, 0.25) is 0 Å². The van der Waals surface area contributed by atoms with Gasteiger partial charge in [0.1, 0.15) is 11.6 Å². The van der Waals surface area contributed by atoms with E-state index in [4.69, 9.17) is 4.74 Å². The molecule has 2 heterocycles. The first-order valence-corrected chi connectivity index (χ1v) is 9.17. The molecule has 0 radical (unpaired) electrons. The minimum Gasteiger partial charge on any atom is -0.497 e. The van der Waals surface area contributed by atoms with Crippen LogP contribution in [0, 0.1) is 5.82 Å². The molecule has 0 unspecified atom stereocenters. The van der Waals surface area contributed by atoms with Gasteiger partial charge in [-0.25, -0.2) is 13.2 Å². The number of hydrogen-bond acceptors (Lipinski definition) is 4. The molecule has 0 aliphatic carbocycles. The number of carbonyl (C=O) groups excluding carboxylic acids is 1. The number of β-amino-alcohol motifs (C(OH)–C–C–N with tert-alkyl or cyclic N) is 1. The van der Waals surface area contributed by atoms with Crippen molar-refractivity contribution in [1.29, 1.82) is 0 Å². The Morgan fingerprint density at radius 2 is 1.96 bits per heavy atom. The van der Waals surface area contributed by atoms with E-state index in [1.54, 1.807) is 0 Å². The summed E-state index contributed by atoms with van der Waals surface area (Å²) < 4.78 is 46.5. The van der Waals surface area contributed by atoms with Gasteiger partial charge < -0.3 is 14.7 Å². The maximum Gasteiger partial charge on any atom is 0.260 e. The van der Waals surface area contributed by atoms with Crippen molar-refractivity contribution < 1.29 is 27.8 Å². The van der Waals surface area contributed by atoms with Crippen molar-refractivity contribution in [3.63, 3.8) is 0 Å². The summed E-state index contributed by atoms with van der Waals surface area (Å²) in [6.45, 7) is 0.232. The molecule has 2 aliphatic heterocycles. The Kier molecular flexibility index (Phi) is 5.67. The predicted octanol–water partition coefficient (Wildman–Crippen LogP) is 2.42. The fourth-order valence-electron chi connectivity index (χ4n) is 3.92. The Bertz CT molecular complexity index is 701. The van der Waals surface area contributed by atoms with Crippen molar-refractivity contribution in [2.45, 2.75) is 43.8 Å². The van der Waals surface area contributed by atoms with E-state index < -0.39 is 29.8 Å². The summed E-state index contributed by atoms with van der Waals surface area (Å²) in [5.41, 5.74) is -1.43. The Labute approximate surface area is 156 Å². The molecule has 1 aromatic rings. The molecule has 0 bridgehead atoms. The minimum absolute atomic E-state index is 0.000334.